The van der Waals surface area contributed by atoms with Gasteiger partial charge in [0.15, 0.2) is 6.61 Å². The predicted octanol–water partition coefficient (Wildman–Crippen LogP) is 5.49. The molecule has 0 aromatic rings. The first-order chi connectivity index (χ1) is 10.2. The van der Waals surface area contributed by atoms with E-state index in [0.717, 1.165) is 0 Å². The SMILES string of the molecule is FC(F)OC(F)(F)S(F)(F)(OCCl)(OCC(F)(F)F)OC(F)(F)F. The average molecular weight is 437 g/mol. The second-order valence-corrected chi connectivity index (χ2v) is 6.94. The lowest BCUT2D eigenvalue weighted by molar-refractivity contribution is -0.335. The lowest BCUT2D eigenvalue weighted by Crippen LogP contribution is -2.54. The van der Waals surface area contributed by atoms with Gasteiger partial charge in [0.05, 0.1) is 0 Å². The third-order valence-corrected chi connectivity index (χ3v) is 4.74. The molecule has 0 aliphatic rings. The summed E-state index contributed by atoms with van der Waals surface area (Å²) in [6.07, 6.45) is -12.8. The van der Waals surface area contributed by atoms with Crippen LogP contribution in [0.25, 0.3) is 0 Å². The van der Waals surface area contributed by atoms with Crippen molar-refractivity contribution >= 4 is 21.5 Å². The van der Waals surface area contributed by atoms with E-state index < -0.39 is 47.2 Å². The topological polar surface area (TPSA) is 36.9 Å². The number of hydrogen-bond donors (Lipinski definition) is 0. The number of halogens is 13. The normalized spacial score (nSPS) is 17.8. The molecule has 0 aromatic heterocycles. The molecule has 0 atom stereocenters. The highest BCUT2D eigenvalue weighted by molar-refractivity contribution is 8.47. The summed E-state index contributed by atoms with van der Waals surface area (Å²) in [7, 11) is -10.8. The van der Waals surface area contributed by atoms with Crippen molar-refractivity contribution in [1.82, 2.24) is 0 Å². The molecule has 0 bridgehead atoms. The maximum absolute atomic E-state index is 14.3. The molecule has 0 N–H and O–H groups in total. The zero-order valence-electron chi connectivity index (χ0n) is 10.4. The lowest BCUT2D eigenvalue weighted by atomic mass is 10.7. The van der Waals surface area contributed by atoms with Gasteiger partial charge < -0.3 is 0 Å². The molecule has 0 heterocycles. The van der Waals surface area contributed by atoms with Crippen LogP contribution in [0.2, 0.25) is 0 Å². The maximum atomic E-state index is 14.3. The highest BCUT2D eigenvalue weighted by Gasteiger charge is 2.89. The summed E-state index contributed by atoms with van der Waals surface area (Å²) in [6, 6.07) is -2.38. The molecule has 0 aliphatic carbocycles. The van der Waals surface area contributed by atoms with E-state index in [1.54, 1.807) is 4.18 Å². The molecular weight excluding hydrogens is 432 g/mol. The van der Waals surface area contributed by atoms with E-state index in [9.17, 15) is 51.7 Å². The zero-order valence-corrected chi connectivity index (χ0v) is 12.0. The Kier molecular flexibility index (Phi) is 6.02. The fraction of sp³-hybridized carbons (Fsp3) is 1.00. The van der Waals surface area contributed by atoms with E-state index in [1.165, 1.54) is 0 Å². The molecule has 0 fully saturated rings. The van der Waals surface area contributed by atoms with Gasteiger partial charge in [-0.2, -0.15) is 34.9 Å². The Morgan fingerprint density at radius 3 is 1.62 bits per heavy atom. The highest BCUT2D eigenvalue weighted by Crippen LogP contribution is 3.03. The smallest absolute Gasteiger partial charge is 0.253 e. The monoisotopic (exact) mass is 436 g/mol. The summed E-state index contributed by atoms with van der Waals surface area (Å²) in [6.45, 7) is -8.41. The number of hydrogen-bond acceptors (Lipinski definition) is 4. The molecule has 0 amide bonds. The minimum atomic E-state index is -10.8. The summed E-state index contributed by atoms with van der Waals surface area (Å²) in [4.78, 5) is 0. The summed E-state index contributed by atoms with van der Waals surface area (Å²) in [5.41, 5.74) is -7.15. The largest absolute Gasteiger partial charge is 0.537 e. The van der Waals surface area contributed by atoms with Crippen LogP contribution >= 0.6 is 21.5 Å². The van der Waals surface area contributed by atoms with Crippen molar-refractivity contribution in [1.29, 1.82) is 0 Å². The number of ether oxygens (including phenoxy) is 1. The minimum absolute atomic E-state index is 1.75. The van der Waals surface area contributed by atoms with Gasteiger partial charge in [-0.25, -0.2) is 8.92 Å². The molecule has 0 radical (unpaired) electrons. The predicted molar refractivity (Wildman–Crippen MR) is 52.8 cm³/mol. The fourth-order valence-electron chi connectivity index (χ4n) is 0.944. The lowest BCUT2D eigenvalue weighted by Gasteiger charge is -2.62. The van der Waals surface area contributed by atoms with Crippen LogP contribution in [0.1, 0.15) is 0 Å². The number of alkyl halides is 11. The molecule has 0 saturated carbocycles. The van der Waals surface area contributed by atoms with Gasteiger partial charge in [0, 0.05) is 0 Å². The molecule has 0 spiro atoms. The van der Waals surface area contributed by atoms with Crippen molar-refractivity contribution in [3.8, 4) is 0 Å². The highest BCUT2D eigenvalue weighted by atomic mass is 35.5. The molecule has 0 aromatic carbocycles. The molecule has 0 unspecified atom stereocenters. The number of rotatable bonds is 8. The van der Waals surface area contributed by atoms with Gasteiger partial charge in [-0.05, 0) is 0 Å². The summed E-state index contributed by atoms with van der Waals surface area (Å²) in [5, 5.41) is 0. The first-order valence-corrected chi connectivity index (χ1v) is 7.36. The zero-order chi connectivity index (χ0) is 19.7. The quantitative estimate of drug-likeness (QED) is 0.372. The van der Waals surface area contributed by atoms with Gasteiger partial charge in [-0.1, -0.05) is 11.6 Å². The van der Waals surface area contributed by atoms with Gasteiger partial charge in [0.25, 0.3) is 9.91 Å². The van der Waals surface area contributed by atoms with Crippen LogP contribution in [0.4, 0.5) is 51.7 Å². The standard InChI is InChI=1S/C6H5ClF12O4S/c7-2-21-24(18,19,23-5(13,14)15,20-1-4(10,11)12)6(16,17)22-3(8)9/h3H,1-2H2. The van der Waals surface area contributed by atoms with Crippen LogP contribution in [0.3, 0.4) is 0 Å². The van der Waals surface area contributed by atoms with E-state index in [2.05, 4.69) is 20.0 Å². The van der Waals surface area contributed by atoms with E-state index in [4.69, 9.17) is 0 Å². The first-order valence-electron chi connectivity index (χ1n) is 4.80. The molecule has 150 valence electrons. The molecule has 0 saturated heterocycles. The Hall–Kier alpha value is -0.360. The Morgan fingerprint density at radius 1 is 0.875 bits per heavy atom. The summed E-state index contributed by atoms with van der Waals surface area (Å²) in [5.74, 6) is 0. The van der Waals surface area contributed by atoms with E-state index in [0.29, 0.717) is 0 Å². The summed E-state index contributed by atoms with van der Waals surface area (Å²) >= 11 is 4.43. The van der Waals surface area contributed by atoms with Crippen LogP contribution in [0, 0.1) is 0 Å². The second-order valence-electron chi connectivity index (χ2n) is 3.52. The van der Waals surface area contributed by atoms with Crippen LogP contribution in [0.15, 0.2) is 0 Å². The van der Waals surface area contributed by atoms with Crippen molar-refractivity contribution in [2.24, 2.45) is 0 Å². The van der Waals surface area contributed by atoms with Crippen molar-refractivity contribution in [3.63, 3.8) is 0 Å². The van der Waals surface area contributed by atoms with Gasteiger partial charge >= 0.3 is 24.6 Å². The van der Waals surface area contributed by atoms with Crippen LogP contribution in [-0.2, 0) is 17.3 Å². The van der Waals surface area contributed by atoms with Gasteiger partial charge in [0.2, 0.25) is 0 Å². The minimum Gasteiger partial charge on any atom is -0.253 e. The van der Waals surface area contributed by atoms with Gasteiger partial charge in [0.1, 0.15) is 6.07 Å². The molecule has 0 rings (SSSR count). The molecule has 18 heteroatoms. The fourth-order valence-corrected chi connectivity index (χ4v) is 3.25. The third-order valence-electron chi connectivity index (χ3n) is 1.72. The van der Waals surface area contributed by atoms with Gasteiger partial charge in [-0.3, -0.25) is 4.18 Å². The summed E-state index contributed by atoms with van der Waals surface area (Å²) < 4.78 is 160. The van der Waals surface area contributed by atoms with Crippen molar-refractivity contribution in [2.45, 2.75) is 24.6 Å². The maximum Gasteiger partial charge on any atom is 0.537 e. The van der Waals surface area contributed by atoms with Crippen molar-refractivity contribution in [2.75, 3.05) is 12.7 Å². The molecule has 4 nitrogen and oxygen atoms in total. The van der Waals surface area contributed by atoms with Crippen LogP contribution in [0.5, 0.6) is 0 Å². The van der Waals surface area contributed by atoms with E-state index in [-0.39, 0.29) is 0 Å². The third kappa shape index (κ3) is 5.07. The Morgan fingerprint density at radius 2 is 1.33 bits per heavy atom. The second kappa shape index (κ2) is 6.11. The Balaban J connectivity index is 6.47. The Bertz CT molecular complexity index is 463. The van der Waals surface area contributed by atoms with Gasteiger partial charge in [-0.15, -0.1) is 20.9 Å². The Labute approximate surface area is 129 Å². The van der Waals surface area contributed by atoms with E-state index in [1.807, 2.05) is 4.74 Å². The molecule has 24 heavy (non-hydrogen) atoms. The molecule has 0 aliphatic heterocycles. The van der Waals surface area contributed by atoms with Crippen LogP contribution < -0.4 is 0 Å². The van der Waals surface area contributed by atoms with Crippen molar-refractivity contribution < 1.29 is 69.0 Å². The molecular formula is C6H5ClF12O4S. The first kappa shape index (κ1) is 23.6. The van der Waals surface area contributed by atoms with E-state index >= 15 is 0 Å². The van der Waals surface area contributed by atoms with Crippen LogP contribution in [-0.4, -0.2) is 37.3 Å². The average Bonchev–Trinajstić information content (AvgIpc) is 2.21. The van der Waals surface area contributed by atoms with Crippen molar-refractivity contribution in [3.05, 3.63) is 0 Å².